The van der Waals surface area contributed by atoms with Gasteiger partial charge in [0.15, 0.2) is 0 Å². The Balaban J connectivity index is 1.78. The van der Waals surface area contributed by atoms with Gasteiger partial charge in [0.1, 0.15) is 5.82 Å². The summed E-state index contributed by atoms with van der Waals surface area (Å²) in [6.45, 7) is 1.66. The largest absolute Gasteiger partial charge is 0.453 e. The SMILES string of the molecule is Cc1cc(N[C@@H]2c3ccccc3C[C@@H]2O)n2nc(C(F)(F)F)nc2n1. The lowest BCUT2D eigenvalue weighted by atomic mass is 10.1. The zero-order chi connectivity index (χ0) is 17.8. The first-order valence-electron chi connectivity index (χ1n) is 7.67. The van der Waals surface area contributed by atoms with Gasteiger partial charge in [0.05, 0.1) is 12.1 Å². The number of halogens is 3. The third-order valence-corrected chi connectivity index (χ3v) is 4.20. The van der Waals surface area contributed by atoms with E-state index in [9.17, 15) is 18.3 Å². The lowest BCUT2D eigenvalue weighted by Crippen LogP contribution is -2.22. The fourth-order valence-electron chi connectivity index (χ4n) is 3.12. The Morgan fingerprint density at radius 1 is 1.24 bits per heavy atom. The molecule has 1 aliphatic rings. The van der Waals surface area contributed by atoms with Crippen LogP contribution in [0.1, 0.15) is 28.7 Å². The number of benzene rings is 1. The summed E-state index contributed by atoms with van der Waals surface area (Å²) >= 11 is 0. The first-order chi connectivity index (χ1) is 11.8. The standard InChI is InChI=1S/C16H14F3N5O/c1-8-6-12(24-15(20-8)22-14(23-24)16(17,18)19)21-13-10-5-3-2-4-9(10)7-11(13)25/h2-6,11,13,21,25H,7H2,1H3/t11-,13+/m0/s1. The number of aryl methyl sites for hydroxylation is 1. The minimum atomic E-state index is -4.65. The van der Waals surface area contributed by atoms with Crippen LogP contribution in [0.3, 0.4) is 0 Å². The van der Waals surface area contributed by atoms with Crippen molar-refractivity contribution in [2.75, 3.05) is 5.32 Å². The number of hydrogen-bond acceptors (Lipinski definition) is 5. The number of nitrogens with one attached hydrogen (secondary N) is 1. The number of alkyl halides is 3. The third-order valence-electron chi connectivity index (χ3n) is 4.20. The highest BCUT2D eigenvalue weighted by molar-refractivity contribution is 5.50. The number of nitrogens with zero attached hydrogens (tertiary/aromatic N) is 4. The van der Waals surface area contributed by atoms with Crippen molar-refractivity contribution in [3.63, 3.8) is 0 Å². The molecule has 3 aromatic rings. The van der Waals surface area contributed by atoms with Gasteiger partial charge in [0.25, 0.3) is 11.6 Å². The molecule has 0 radical (unpaired) electrons. The zero-order valence-corrected chi connectivity index (χ0v) is 13.1. The Labute approximate surface area is 140 Å². The number of fused-ring (bicyclic) bond motifs is 2. The van der Waals surface area contributed by atoms with Gasteiger partial charge in [-0.05, 0) is 18.1 Å². The van der Waals surface area contributed by atoms with Crippen LogP contribution in [0.25, 0.3) is 5.78 Å². The highest BCUT2D eigenvalue weighted by Gasteiger charge is 2.37. The Kier molecular flexibility index (Phi) is 3.43. The van der Waals surface area contributed by atoms with Crippen LogP contribution in [0.5, 0.6) is 0 Å². The van der Waals surface area contributed by atoms with Crippen LogP contribution in [0, 0.1) is 6.92 Å². The van der Waals surface area contributed by atoms with Crippen molar-refractivity contribution in [1.29, 1.82) is 0 Å². The van der Waals surface area contributed by atoms with Crippen molar-refractivity contribution in [1.82, 2.24) is 19.6 Å². The van der Waals surface area contributed by atoms with E-state index in [2.05, 4.69) is 20.4 Å². The molecule has 2 aromatic heterocycles. The molecule has 0 unspecified atom stereocenters. The Morgan fingerprint density at radius 2 is 2.00 bits per heavy atom. The Hall–Kier alpha value is -2.68. The lowest BCUT2D eigenvalue weighted by molar-refractivity contribution is -0.144. The molecule has 0 aliphatic heterocycles. The maximum absolute atomic E-state index is 12.9. The summed E-state index contributed by atoms with van der Waals surface area (Å²) < 4.78 is 39.7. The second-order valence-corrected chi connectivity index (χ2v) is 6.02. The van der Waals surface area contributed by atoms with Gasteiger partial charge in [-0.3, -0.25) is 0 Å². The smallest absolute Gasteiger partial charge is 0.390 e. The minimum absolute atomic E-state index is 0.143. The summed E-state index contributed by atoms with van der Waals surface area (Å²) in [5, 5.41) is 17.0. The number of rotatable bonds is 2. The summed E-state index contributed by atoms with van der Waals surface area (Å²) in [4.78, 5) is 7.45. The predicted molar refractivity (Wildman–Crippen MR) is 83.0 cm³/mol. The van der Waals surface area contributed by atoms with Crippen LogP contribution < -0.4 is 5.32 Å². The van der Waals surface area contributed by atoms with E-state index in [0.717, 1.165) is 15.6 Å². The predicted octanol–water partition coefficient (Wildman–Crippen LogP) is 2.52. The molecule has 4 rings (SSSR count). The number of anilines is 1. The highest BCUT2D eigenvalue weighted by atomic mass is 19.4. The molecule has 0 fully saturated rings. The van der Waals surface area contributed by atoms with Gasteiger partial charge < -0.3 is 10.4 Å². The molecule has 9 heteroatoms. The maximum Gasteiger partial charge on any atom is 0.453 e. The van der Waals surface area contributed by atoms with Crippen LogP contribution in [-0.2, 0) is 12.6 Å². The number of aliphatic hydroxyl groups excluding tert-OH is 1. The van der Waals surface area contributed by atoms with E-state index in [1.54, 1.807) is 13.0 Å². The van der Waals surface area contributed by atoms with Crippen LogP contribution in [-0.4, -0.2) is 30.8 Å². The molecular weight excluding hydrogens is 335 g/mol. The fraction of sp³-hybridized carbons (Fsp3) is 0.312. The van der Waals surface area contributed by atoms with Crippen molar-refractivity contribution in [2.24, 2.45) is 0 Å². The van der Waals surface area contributed by atoms with E-state index < -0.39 is 24.1 Å². The fourth-order valence-corrected chi connectivity index (χ4v) is 3.12. The van der Waals surface area contributed by atoms with Gasteiger partial charge in [-0.2, -0.15) is 22.7 Å². The van der Waals surface area contributed by atoms with Crippen molar-refractivity contribution in [2.45, 2.75) is 31.7 Å². The van der Waals surface area contributed by atoms with Crippen LogP contribution in [0.4, 0.5) is 19.0 Å². The third kappa shape index (κ3) is 2.70. The lowest BCUT2D eigenvalue weighted by Gasteiger charge is -2.19. The molecule has 0 saturated carbocycles. The number of aliphatic hydroxyl groups is 1. The second-order valence-electron chi connectivity index (χ2n) is 6.02. The molecule has 2 heterocycles. The monoisotopic (exact) mass is 349 g/mol. The summed E-state index contributed by atoms with van der Waals surface area (Å²) in [7, 11) is 0. The van der Waals surface area contributed by atoms with Gasteiger partial charge in [-0.1, -0.05) is 24.3 Å². The average Bonchev–Trinajstić information content (AvgIpc) is 3.09. The number of hydrogen-bond donors (Lipinski definition) is 2. The van der Waals surface area contributed by atoms with Crippen LogP contribution in [0.2, 0.25) is 0 Å². The quantitative estimate of drug-likeness (QED) is 0.744. The van der Waals surface area contributed by atoms with E-state index in [1.165, 1.54) is 0 Å². The Bertz CT molecular complexity index is 953. The zero-order valence-electron chi connectivity index (χ0n) is 13.1. The van der Waals surface area contributed by atoms with E-state index in [1.807, 2.05) is 24.3 Å². The first-order valence-corrected chi connectivity index (χ1v) is 7.67. The molecule has 25 heavy (non-hydrogen) atoms. The van der Waals surface area contributed by atoms with E-state index in [-0.39, 0.29) is 5.78 Å². The minimum Gasteiger partial charge on any atom is -0.390 e. The van der Waals surface area contributed by atoms with Crippen LogP contribution in [0.15, 0.2) is 30.3 Å². The van der Waals surface area contributed by atoms with Crippen molar-refractivity contribution in [3.05, 3.63) is 53.0 Å². The molecule has 0 amide bonds. The van der Waals surface area contributed by atoms with E-state index in [4.69, 9.17) is 0 Å². The van der Waals surface area contributed by atoms with Gasteiger partial charge in [-0.25, -0.2) is 4.98 Å². The van der Waals surface area contributed by atoms with E-state index >= 15 is 0 Å². The normalized spacial score (nSPS) is 20.0. The van der Waals surface area contributed by atoms with Crippen LogP contribution >= 0.6 is 0 Å². The molecule has 0 saturated heterocycles. The number of aromatic nitrogens is 4. The molecule has 6 nitrogen and oxygen atoms in total. The average molecular weight is 349 g/mol. The van der Waals surface area contributed by atoms with Crippen molar-refractivity contribution in [3.8, 4) is 0 Å². The molecule has 0 spiro atoms. The summed E-state index contributed by atoms with van der Waals surface area (Å²) in [5.41, 5.74) is 2.41. The summed E-state index contributed by atoms with van der Waals surface area (Å²) in [6.07, 6.45) is -4.86. The topological polar surface area (TPSA) is 75.3 Å². The van der Waals surface area contributed by atoms with Gasteiger partial charge >= 0.3 is 6.18 Å². The Morgan fingerprint density at radius 3 is 2.76 bits per heavy atom. The first kappa shape index (κ1) is 15.8. The second kappa shape index (κ2) is 5.41. The molecular formula is C16H14F3N5O. The van der Waals surface area contributed by atoms with Gasteiger partial charge in [0, 0.05) is 18.2 Å². The molecule has 2 atom stereocenters. The summed E-state index contributed by atoms with van der Waals surface area (Å²) in [6, 6.07) is 8.68. The molecule has 1 aliphatic carbocycles. The molecule has 130 valence electrons. The van der Waals surface area contributed by atoms with Crippen molar-refractivity contribution < 1.29 is 18.3 Å². The van der Waals surface area contributed by atoms with Crippen molar-refractivity contribution >= 4 is 11.6 Å². The molecule has 1 aromatic carbocycles. The maximum atomic E-state index is 12.9. The summed E-state index contributed by atoms with van der Waals surface area (Å²) in [5.74, 6) is -1.09. The highest BCUT2D eigenvalue weighted by Crippen LogP contribution is 2.34. The molecule has 2 N–H and O–H groups in total. The van der Waals surface area contributed by atoms with E-state index in [0.29, 0.717) is 17.9 Å². The van der Waals surface area contributed by atoms with Gasteiger partial charge in [-0.15, -0.1) is 5.10 Å². The van der Waals surface area contributed by atoms with Gasteiger partial charge in [0.2, 0.25) is 0 Å². The molecule has 0 bridgehead atoms.